The predicted molar refractivity (Wildman–Crippen MR) is 109 cm³/mol. The Morgan fingerprint density at radius 3 is 2.45 bits per heavy atom. The standard InChI is InChI=1S/C19H17N5O4S/c1-11-20-18-14-8-16(27-2)17(28-3)9-15(14)21-19(23(18)22-11)29-10-12-4-6-13(7-5-12)24(25)26/h4-9H,10H2,1-3H3. The number of hydrogen-bond acceptors (Lipinski definition) is 8. The SMILES string of the molecule is COc1cc2nc(SCc3ccc([N+](=O)[O-])cc3)n3nc(C)nc3c2cc1OC. The smallest absolute Gasteiger partial charge is 0.269 e. The first kappa shape index (κ1) is 18.9. The van der Waals surface area contributed by atoms with Gasteiger partial charge in [-0.15, -0.1) is 5.10 Å². The third-order valence-electron chi connectivity index (χ3n) is 4.37. The van der Waals surface area contributed by atoms with Crippen LogP contribution in [-0.4, -0.2) is 38.7 Å². The van der Waals surface area contributed by atoms with E-state index in [4.69, 9.17) is 14.5 Å². The van der Waals surface area contributed by atoms with Crippen molar-refractivity contribution in [3.8, 4) is 11.5 Å². The first-order valence-corrected chi connectivity index (χ1v) is 9.64. The molecule has 10 heteroatoms. The number of aromatic nitrogens is 4. The number of benzene rings is 2. The molecule has 0 fully saturated rings. The van der Waals surface area contributed by atoms with E-state index in [9.17, 15) is 10.1 Å². The Balaban J connectivity index is 1.75. The van der Waals surface area contributed by atoms with E-state index < -0.39 is 4.92 Å². The molecule has 0 aliphatic carbocycles. The van der Waals surface area contributed by atoms with Crippen molar-refractivity contribution in [1.82, 2.24) is 19.6 Å². The molecule has 0 unspecified atom stereocenters. The zero-order valence-corrected chi connectivity index (χ0v) is 16.8. The van der Waals surface area contributed by atoms with Crippen LogP contribution in [0.5, 0.6) is 11.5 Å². The molecule has 0 N–H and O–H groups in total. The molecule has 0 radical (unpaired) electrons. The van der Waals surface area contributed by atoms with E-state index in [1.165, 1.54) is 23.9 Å². The van der Waals surface area contributed by atoms with Gasteiger partial charge in [-0.3, -0.25) is 10.1 Å². The highest BCUT2D eigenvalue weighted by atomic mass is 32.2. The monoisotopic (exact) mass is 411 g/mol. The van der Waals surface area contributed by atoms with Crippen LogP contribution in [0.2, 0.25) is 0 Å². The van der Waals surface area contributed by atoms with Gasteiger partial charge in [-0.1, -0.05) is 23.9 Å². The highest BCUT2D eigenvalue weighted by Crippen LogP contribution is 2.34. The molecule has 4 rings (SSSR count). The van der Waals surface area contributed by atoms with Crippen molar-refractivity contribution in [2.24, 2.45) is 0 Å². The molecule has 2 heterocycles. The first-order valence-electron chi connectivity index (χ1n) is 8.65. The summed E-state index contributed by atoms with van der Waals surface area (Å²) in [5.41, 5.74) is 2.41. The van der Waals surface area contributed by atoms with Gasteiger partial charge >= 0.3 is 0 Å². The summed E-state index contributed by atoms with van der Waals surface area (Å²) >= 11 is 1.48. The number of nitro groups is 1. The van der Waals surface area contributed by atoms with E-state index in [1.807, 2.05) is 19.1 Å². The number of non-ortho nitro benzene ring substituents is 1. The molecule has 2 aromatic carbocycles. The van der Waals surface area contributed by atoms with E-state index in [-0.39, 0.29) is 5.69 Å². The molecule has 148 valence electrons. The molecule has 0 amide bonds. The highest BCUT2D eigenvalue weighted by Gasteiger charge is 2.16. The maximum Gasteiger partial charge on any atom is 0.269 e. The van der Waals surface area contributed by atoms with Gasteiger partial charge in [-0.2, -0.15) is 4.52 Å². The quantitative estimate of drug-likeness (QED) is 0.204. The molecular weight excluding hydrogens is 394 g/mol. The van der Waals surface area contributed by atoms with Crippen LogP contribution in [0, 0.1) is 17.0 Å². The minimum Gasteiger partial charge on any atom is -0.493 e. The van der Waals surface area contributed by atoms with Crippen LogP contribution in [-0.2, 0) is 5.75 Å². The average molecular weight is 411 g/mol. The minimum atomic E-state index is -0.412. The lowest BCUT2D eigenvalue weighted by Crippen LogP contribution is -2.00. The zero-order chi connectivity index (χ0) is 20.5. The summed E-state index contributed by atoms with van der Waals surface area (Å²) in [6, 6.07) is 10.1. The lowest BCUT2D eigenvalue weighted by atomic mass is 10.2. The number of fused-ring (bicyclic) bond motifs is 3. The third-order valence-corrected chi connectivity index (χ3v) is 5.37. The number of thioether (sulfide) groups is 1. The van der Waals surface area contributed by atoms with Gasteiger partial charge in [0.05, 0.1) is 24.7 Å². The van der Waals surface area contributed by atoms with E-state index >= 15 is 0 Å². The number of hydrogen-bond donors (Lipinski definition) is 0. The van der Waals surface area contributed by atoms with Gasteiger partial charge in [0, 0.05) is 29.3 Å². The number of methoxy groups -OCH3 is 2. The number of rotatable bonds is 6. The Hall–Kier alpha value is -3.40. The normalized spacial score (nSPS) is 11.1. The summed E-state index contributed by atoms with van der Waals surface area (Å²) in [7, 11) is 3.16. The van der Waals surface area contributed by atoms with Crippen molar-refractivity contribution in [1.29, 1.82) is 0 Å². The Kier molecular flexibility index (Phi) is 4.93. The number of aryl methyl sites for hydroxylation is 1. The summed E-state index contributed by atoms with van der Waals surface area (Å²) in [6.45, 7) is 1.82. The van der Waals surface area contributed by atoms with E-state index in [2.05, 4.69) is 10.1 Å². The van der Waals surface area contributed by atoms with Gasteiger partial charge < -0.3 is 9.47 Å². The molecule has 29 heavy (non-hydrogen) atoms. The number of nitro benzene ring substituents is 1. The summed E-state index contributed by atoms with van der Waals surface area (Å²) in [5.74, 6) is 2.39. The molecular formula is C19H17N5O4S. The fourth-order valence-electron chi connectivity index (χ4n) is 2.97. The lowest BCUT2D eigenvalue weighted by molar-refractivity contribution is -0.384. The van der Waals surface area contributed by atoms with Gasteiger partial charge in [0.15, 0.2) is 22.3 Å². The second kappa shape index (κ2) is 7.55. The maximum atomic E-state index is 10.8. The number of nitrogens with zero attached hydrogens (tertiary/aromatic N) is 5. The molecule has 0 saturated heterocycles. The Morgan fingerprint density at radius 2 is 1.79 bits per heavy atom. The molecule has 0 atom stereocenters. The predicted octanol–water partition coefficient (Wildman–Crippen LogP) is 3.80. The average Bonchev–Trinajstić information content (AvgIpc) is 3.13. The molecule has 9 nitrogen and oxygen atoms in total. The summed E-state index contributed by atoms with van der Waals surface area (Å²) in [6.07, 6.45) is 0. The van der Waals surface area contributed by atoms with Gasteiger partial charge in [-0.05, 0) is 18.6 Å². The third kappa shape index (κ3) is 3.54. The molecule has 4 aromatic rings. The van der Waals surface area contributed by atoms with Crippen molar-refractivity contribution < 1.29 is 14.4 Å². The van der Waals surface area contributed by atoms with Gasteiger partial charge in [-0.25, -0.2) is 9.97 Å². The summed E-state index contributed by atoms with van der Waals surface area (Å²) in [5, 5.41) is 16.8. The van der Waals surface area contributed by atoms with Gasteiger partial charge in [0.25, 0.3) is 5.69 Å². The van der Waals surface area contributed by atoms with E-state index in [0.29, 0.717) is 39.4 Å². The largest absolute Gasteiger partial charge is 0.493 e. The number of ether oxygens (including phenoxy) is 2. The molecule has 2 aromatic heterocycles. The molecule has 0 aliphatic rings. The lowest BCUT2D eigenvalue weighted by Gasteiger charge is -2.11. The molecule has 0 bridgehead atoms. The van der Waals surface area contributed by atoms with Gasteiger partial charge in [0.2, 0.25) is 0 Å². The Labute approximate surface area is 169 Å². The van der Waals surface area contributed by atoms with Crippen LogP contribution in [0.4, 0.5) is 5.69 Å². The van der Waals surface area contributed by atoms with Crippen LogP contribution in [0.3, 0.4) is 0 Å². The fourth-order valence-corrected chi connectivity index (χ4v) is 3.87. The molecule has 0 spiro atoms. The highest BCUT2D eigenvalue weighted by molar-refractivity contribution is 7.98. The van der Waals surface area contributed by atoms with Crippen LogP contribution in [0.1, 0.15) is 11.4 Å². The summed E-state index contributed by atoms with van der Waals surface area (Å²) in [4.78, 5) is 19.7. The topological polar surface area (TPSA) is 105 Å². The minimum absolute atomic E-state index is 0.0675. The first-order chi connectivity index (χ1) is 14.0. The van der Waals surface area contributed by atoms with E-state index in [1.54, 1.807) is 30.9 Å². The Bertz CT molecular complexity index is 1220. The van der Waals surface area contributed by atoms with Crippen molar-refractivity contribution in [2.75, 3.05) is 14.2 Å². The maximum absolute atomic E-state index is 10.8. The fraction of sp³-hybridized carbons (Fsp3) is 0.211. The van der Waals surface area contributed by atoms with Crippen LogP contribution in [0.15, 0.2) is 41.6 Å². The van der Waals surface area contributed by atoms with Crippen molar-refractivity contribution >= 4 is 34.0 Å². The van der Waals surface area contributed by atoms with E-state index in [0.717, 1.165) is 10.9 Å². The van der Waals surface area contributed by atoms with Crippen molar-refractivity contribution in [3.05, 3.63) is 57.9 Å². The van der Waals surface area contributed by atoms with Crippen molar-refractivity contribution in [2.45, 2.75) is 17.8 Å². The van der Waals surface area contributed by atoms with Crippen LogP contribution < -0.4 is 9.47 Å². The second-order valence-corrected chi connectivity index (χ2v) is 7.17. The van der Waals surface area contributed by atoms with Crippen LogP contribution in [0.25, 0.3) is 16.6 Å². The van der Waals surface area contributed by atoms with Gasteiger partial charge in [0.1, 0.15) is 5.82 Å². The second-order valence-electron chi connectivity index (χ2n) is 6.23. The molecule has 0 saturated carbocycles. The van der Waals surface area contributed by atoms with Crippen LogP contribution >= 0.6 is 11.8 Å². The van der Waals surface area contributed by atoms with Crippen molar-refractivity contribution in [3.63, 3.8) is 0 Å². The molecule has 0 aliphatic heterocycles. The zero-order valence-electron chi connectivity index (χ0n) is 15.9. The Morgan fingerprint density at radius 1 is 1.10 bits per heavy atom. The summed E-state index contributed by atoms with van der Waals surface area (Å²) < 4.78 is 12.5.